The Morgan fingerprint density at radius 3 is 1.74 bits per heavy atom. The molecular formula is C61H40N2O2. The molecule has 2 heterocycles. The number of hydrogen-bond donors (Lipinski definition) is 0. The fourth-order valence-electron chi connectivity index (χ4n) is 11.4. The van der Waals surface area contributed by atoms with Crippen LogP contribution in [0, 0.1) is 0 Å². The van der Waals surface area contributed by atoms with E-state index in [9.17, 15) is 0 Å². The van der Waals surface area contributed by atoms with Gasteiger partial charge in [-0.3, -0.25) is 0 Å². The van der Waals surface area contributed by atoms with Gasteiger partial charge in [0, 0.05) is 33.9 Å². The van der Waals surface area contributed by atoms with Crippen molar-refractivity contribution in [2.45, 2.75) is 18.3 Å². The monoisotopic (exact) mass is 832 g/mol. The summed E-state index contributed by atoms with van der Waals surface area (Å²) >= 11 is 0. The van der Waals surface area contributed by atoms with Crippen LogP contribution in [0.4, 0.5) is 17.1 Å². The molecule has 4 aliphatic rings. The zero-order valence-electron chi connectivity index (χ0n) is 35.4. The van der Waals surface area contributed by atoms with Crippen molar-refractivity contribution < 1.29 is 9.47 Å². The van der Waals surface area contributed by atoms with Crippen LogP contribution >= 0.6 is 0 Å². The Balaban J connectivity index is 0.841. The molecule has 4 heteroatoms. The molecule has 0 amide bonds. The van der Waals surface area contributed by atoms with Gasteiger partial charge in [0.1, 0.15) is 0 Å². The summed E-state index contributed by atoms with van der Waals surface area (Å²) in [6, 6.07) is 72.5. The molecule has 1 spiro atoms. The molecule has 14 rings (SSSR count). The van der Waals surface area contributed by atoms with Gasteiger partial charge in [0.2, 0.25) is 0 Å². The minimum atomic E-state index is -0.467. The Hall–Kier alpha value is -8.34. The van der Waals surface area contributed by atoms with E-state index in [1.807, 2.05) is 6.07 Å². The zero-order valence-corrected chi connectivity index (χ0v) is 35.4. The number of fused-ring (bicyclic) bond motifs is 15. The molecule has 0 N–H and O–H groups in total. The third-order valence-electron chi connectivity index (χ3n) is 14.1. The van der Waals surface area contributed by atoms with E-state index in [1.165, 1.54) is 83.1 Å². The fourth-order valence-corrected chi connectivity index (χ4v) is 11.4. The van der Waals surface area contributed by atoms with E-state index < -0.39 is 5.41 Å². The van der Waals surface area contributed by atoms with Crippen LogP contribution in [0.3, 0.4) is 0 Å². The second-order valence-electron chi connectivity index (χ2n) is 17.5. The number of aromatic nitrogens is 1. The maximum atomic E-state index is 6.97. The van der Waals surface area contributed by atoms with E-state index in [4.69, 9.17) is 9.47 Å². The third-order valence-corrected chi connectivity index (χ3v) is 14.1. The van der Waals surface area contributed by atoms with E-state index in [2.05, 4.69) is 222 Å². The number of anilines is 3. The minimum Gasteiger partial charge on any atom is -0.449 e. The number of nitrogens with zero attached hydrogens (tertiary/aromatic N) is 2. The van der Waals surface area contributed by atoms with Crippen molar-refractivity contribution in [2.24, 2.45) is 0 Å². The van der Waals surface area contributed by atoms with Crippen molar-refractivity contribution in [1.29, 1.82) is 0 Å². The number of hydrogen-bond acceptors (Lipinski definition) is 3. The predicted octanol–water partition coefficient (Wildman–Crippen LogP) is 16.4. The number of allylic oxidation sites excluding steroid dienone is 4. The number of ether oxygens (including phenoxy) is 2. The Kier molecular flexibility index (Phi) is 7.70. The summed E-state index contributed by atoms with van der Waals surface area (Å²) in [5.74, 6) is 2.80. The summed E-state index contributed by atoms with van der Waals surface area (Å²) in [4.78, 5) is 2.28. The van der Waals surface area contributed by atoms with Crippen molar-refractivity contribution in [2.75, 3.05) is 4.90 Å². The Morgan fingerprint density at radius 1 is 0.415 bits per heavy atom. The molecule has 4 nitrogen and oxygen atoms in total. The average molecular weight is 833 g/mol. The van der Waals surface area contributed by atoms with E-state index >= 15 is 0 Å². The molecular weight excluding hydrogens is 793 g/mol. The lowest BCUT2D eigenvalue weighted by atomic mass is 9.70. The van der Waals surface area contributed by atoms with Gasteiger partial charge < -0.3 is 18.9 Å². The highest BCUT2D eigenvalue weighted by Crippen LogP contribution is 2.64. The number of para-hydroxylation sites is 2. The van der Waals surface area contributed by atoms with Crippen LogP contribution in [0.25, 0.3) is 60.9 Å². The van der Waals surface area contributed by atoms with Gasteiger partial charge in [-0.25, -0.2) is 0 Å². The van der Waals surface area contributed by atoms with Crippen molar-refractivity contribution in [3.05, 3.63) is 241 Å². The van der Waals surface area contributed by atoms with Crippen molar-refractivity contribution in [3.63, 3.8) is 0 Å². The summed E-state index contributed by atoms with van der Waals surface area (Å²) in [6.07, 6.45) is 8.79. The molecule has 0 unspecified atom stereocenters. The van der Waals surface area contributed by atoms with Gasteiger partial charge >= 0.3 is 0 Å². The standard InChI is InChI=1S/C61H40N2O2/c1-3-15-41(16-4-1)62(43-30-27-39(28-31-43)40-29-33-56-50(35-40)48-22-10-14-26-55(48)63(56)42-17-5-2-6-18-42)44-32-34-57-58(36-44)65-60-38-54-49(37-59(60)64-57)47-21-9-13-25-53(47)61(54)51-23-11-7-19-45(51)46-20-8-12-24-52(46)61/h1-5,7-17,19-38H,6,18H2. The lowest BCUT2D eigenvalue weighted by Crippen LogP contribution is -2.25. The van der Waals surface area contributed by atoms with E-state index in [-0.39, 0.29) is 0 Å². The molecule has 3 aliphatic carbocycles. The molecule has 9 aromatic carbocycles. The molecule has 0 bridgehead atoms. The lowest BCUT2D eigenvalue weighted by molar-refractivity contribution is 0.359. The average Bonchev–Trinajstić information content (AvgIpc) is 3.97. The maximum absolute atomic E-state index is 6.97. The highest BCUT2D eigenvalue weighted by molar-refractivity contribution is 6.11. The van der Waals surface area contributed by atoms with Gasteiger partial charge in [0.15, 0.2) is 23.0 Å². The van der Waals surface area contributed by atoms with E-state index in [0.717, 1.165) is 35.7 Å². The third kappa shape index (κ3) is 5.19. The first-order chi connectivity index (χ1) is 32.2. The normalized spacial score (nSPS) is 14.4. The molecule has 0 saturated carbocycles. The van der Waals surface area contributed by atoms with Crippen molar-refractivity contribution >= 4 is 44.6 Å². The number of rotatable bonds is 5. The van der Waals surface area contributed by atoms with E-state index in [1.54, 1.807) is 0 Å². The molecule has 0 radical (unpaired) electrons. The van der Waals surface area contributed by atoms with Crippen LogP contribution in [0.1, 0.15) is 35.1 Å². The van der Waals surface area contributed by atoms with Gasteiger partial charge in [0.05, 0.1) is 22.1 Å². The molecule has 1 aliphatic heterocycles. The van der Waals surface area contributed by atoms with Gasteiger partial charge in [-0.1, -0.05) is 140 Å². The second-order valence-corrected chi connectivity index (χ2v) is 17.5. The molecule has 1 aromatic heterocycles. The summed E-state index contributed by atoms with van der Waals surface area (Å²) in [7, 11) is 0. The van der Waals surface area contributed by atoms with Gasteiger partial charge in [-0.05, 0) is 141 Å². The highest BCUT2D eigenvalue weighted by Gasteiger charge is 2.52. The SMILES string of the molecule is C1=CCCC(n2c3ccccc3c3cc(-c4ccc(N(c5ccccc5)c5ccc6c(c5)Oc5cc7c(cc5O6)-c5ccccc5C75c6ccccc6-c6ccccc65)cc4)ccc32)=C1. The van der Waals surface area contributed by atoms with Crippen LogP contribution in [-0.2, 0) is 5.41 Å². The topological polar surface area (TPSA) is 26.6 Å². The summed E-state index contributed by atoms with van der Waals surface area (Å²) in [6.45, 7) is 0. The van der Waals surface area contributed by atoms with Gasteiger partial charge in [-0.15, -0.1) is 0 Å². The molecule has 0 atom stereocenters. The molecule has 65 heavy (non-hydrogen) atoms. The summed E-state index contributed by atoms with van der Waals surface area (Å²) in [5.41, 5.74) is 18.9. The summed E-state index contributed by atoms with van der Waals surface area (Å²) < 4.78 is 16.2. The zero-order chi connectivity index (χ0) is 42.6. The minimum absolute atomic E-state index is 0.467. The highest BCUT2D eigenvalue weighted by atomic mass is 16.6. The smallest absolute Gasteiger partial charge is 0.172 e. The quantitative estimate of drug-likeness (QED) is 0.173. The van der Waals surface area contributed by atoms with Crippen molar-refractivity contribution in [1.82, 2.24) is 4.57 Å². The van der Waals surface area contributed by atoms with Crippen LogP contribution < -0.4 is 14.4 Å². The molecule has 0 fully saturated rings. The van der Waals surface area contributed by atoms with Crippen molar-refractivity contribution in [3.8, 4) is 56.4 Å². The van der Waals surface area contributed by atoms with Crippen LogP contribution in [-0.4, -0.2) is 4.57 Å². The first-order valence-electron chi connectivity index (χ1n) is 22.5. The molecule has 306 valence electrons. The first-order valence-corrected chi connectivity index (χ1v) is 22.5. The largest absolute Gasteiger partial charge is 0.449 e. The maximum Gasteiger partial charge on any atom is 0.172 e. The van der Waals surface area contributed by atoms with Crippen LogP contribution in [0.5, 0.6) is 23.0 Å². The van der Waals surface area contributed by atoms with Crippen LogP contribution in [0.2, 0.25) is 0 Å². The second kappa shape index (κ2) is 13.8. The van der Waals surface area contributed by atoms with E-state index in [0.29, 0.717) is 17.2 Å². The predicted molar refractivity (Wildman–Crippen MR) is 265 cm³/mol. The first kappa shape index (κ1) is 36.2. The summed E-state index contributed by atoms with van der Waals surface area (Å²) in [5, 5.41) is 2.54. The van der Waals surface area contributed by atoms with Crippen LogP contribution in [0.15, 0.2) is 218 Å². The Labute approximate surface area is 377 Å². The van der Waals surface area contributed by atoms with Gasteiger partial charge in [0.25, 0.3) is 0 Å². The lowest BCUT2D eigenvalue weighted by Gasteiger charge is -2.31. The fraction of sp³-hybridized carbons (Fsp3) is 0.0492. The molecule has 0 saturated heterocycles. The Morgan fingerprint density at radius 2 is 1.00 bits per heavy atom. The Bertz CT molecular complexity index is 3620. The van der Waals surface area contributed by atoms with Gasteiger partial charge in [-0.2, -0.15) is 0 Å². The number of benzene rings is 9. The molecule has 10 aromatic rings.